The molecule has 0 aliphatic carbocycles. The summed E-state index contributed by atoms with van der Waals surface area (Å²) < 4.78 is 6.19. The molecule has 1 heterocycles. The fourth-order valence-electron chi connectivity index (χ4n) is 2.65. The van der Waals surface area contributed by atoms with Crippen LogP contribution in [-0.2, 0) is 16.0 Å². The maximum absolute atomic E-state index is 12.2. The molecule has 2 amide bonds. The molecule has 7 heteroatoms. The molecule has 1 fully saturated rings. The Morgan fingerprint density at radius 2 is 1.96 bits per heavy atom. The van der Waals surface area contributed by atoms with Gasteiger partial charge in [0.25, 0.3) is 0 Å². The zero-order valence-corrected chi connectivity index (χ0v) is 17.1. The van der Waals surface area contributed by atoms with Crippen LogP contribution in [0.3, 0.4) is 0 Å². The third-order valence-corrected chi connectivity index (χ3v) is 5.09. The van der Waals surface area contributed by atoms with Gasteiger partial charge in [-0.1, -0.05) is 17.7 Å². The van der Waals surface area contributed by atoms with Crippen LogP contribution in [-0.4, -0.2) is 41.6 Å². The van der Waals surface area contributed by atoms with Crippen LogP contribution in [0.4, 0.5) is 4.79 Å². The number of rotatable bonds is 3. The Morgan fingerprint density at radius 3 is 2.52 bits per heavy atom. The van der Waals surface area contributed by atoms with E-state index in [1.54, 1.807) is 11.0 Å². The molecule has 0 aromatic heterocycles. The number of hydrogen-bond acceptors (Lipinski definition) is 3. The van der Waals surface area contributed by atoms with Crippen LogP contribution in [0.1, 0.15) is 39.2 Å². The second-order valence-electron chi connectivity index (χ2n) is 7.23. The lowest BCUT2D eigenvalue weighted by Crippen LogP contribution is -2.48. The molecule has 2 rings (SSSR count). The SMILES string of the molecule is CC(C)(C)OC(=O)N1CCC(NC(=O)Cc2ccc(Br)c(Cl)c2)CC1. The van der Waals surface area contributed by atoms with Crippen molar-refractivity contribution < 1.29 is 14.3 Å². The second kappa shape index (κ2) is 8.41. The lowest BCUT2D eigenvalue weighted by molar-refractivity contribution is -0.121. The first-order chi connectivity index (χ1) is 11.6. The van der Waals surface area contributed by atoms with Crippen molar-refractivity contribution in [1.82, 2.24) is 10.2 Å². The highest BCUT2D eigenvalue weighted by Crippen LogP contribution is 2.23. The van der Waals surface area contributed by atoms with Gasteiger partial charge in [-0.2, -0.15) is 0 Å². The number of amides is 2. The molecule has 0 radical (unpaired) electrons. The number of carbonyl (C=O) groups excluding carboxylic acids is 2. The number of likely N-dealkylation sites (tertiary alicyclic amines) is 1. The van der Waals surface area contributed by atoms with Crippen LogP contribution in [0.2, 0.25) is 5.02 Å². The second-order valence-corrected chi connectivity index (χ2v) is 8.50. The molecule has 1 saturated heterocycles. The molecule has 0 bridgehead atoms. The Kier molecular flexibility index (Phi) is 6.74. The molecule has 0 spiro atoms. The molecule has 1 aromatic carbocycles. The number of piperidine rings is 1. The van der Waals surface area contributed by atoms with Gasteiger partial charge in [0.15, 0.2) is 0 Å². The van der Waals surface area contributed by atoms with Gasteiger partial charge in [0.05, 0.1) is 11.4 Å². The largest absolute Gasteiger partial charge is 0.444 e. The van der Waals surface area contributed by atoms with Gasteiger partial charge in [0.1, 0.15) is 5.60 Å². The summed E-state index contributed by atoms with van der Waals surface area (Å²) in [4.78, 5) is 25.9. The molecule has 1 aromatic rings. The number of halogens is 2. The summed E-state index contributed by atoms with van der Waals surface area (Å²) >= 11 is 9.39. The van der Waals surface area contributed by atoms with E-state index in [1.807, 2.05) is 32.9 Å². The van der Waals surface area contributed by atoms with Gasteiger partial charge in [-0.3, -0.25) is 4.79 Å². The molecule has 0 atom stereocenters. The monoisotopic (exact) mass is 430 g/mol. The Hall–Kier alpha value is -1.27. The predicted molar refractivity (Wildman–Crippen MR) is 102 cm³/mol. The van der Waals surface area contributed by atoms with Crippen molar-refractivity contribution in [3.8, 4) is 0 Å². The van der Waals surface area contributed by atoms with Crippen molar-refractivity contribution in [3.63, 3.8) is 0 Å². The van der Waals surface area contributed by atoms with Crippen LogP contribution in [0.25, 0.3) is 0 Å². The normalized spacial score (nSPS) is 15.8. The molecule has 1 N–H and O–H groups in total. The fraction of sp³-hybridized carbons (Fsp3) is 0.556. The quantitative estimate of drug-likeness (QED) is 0.782. The summed E-state index contributed by atoms with van der Waals surface area (Å²) in [6.45, 7) is 6.73. The summed E-state index contributed by atoms with van der Waals surface area (Å²) in [7, 11) is 0. The van der Waals surface area contributed by atoms with Crippen LogP contribution in [0.15, 0.2) is 22.7 Å². The van der Waals surface area contributed by atoms with Gasteiger partial charge < -0.3 is 15.0 Å². The highest BCUT2D eigenvalue weighted by molar-refractivity contribution is 9.10. The third-order valence-electron chi connectivity index (χ3n) is 3.86. The van der Waals surface area contributed by atoms with Gasteiger partial charge in [-0.15, -0.1) is 0 Å². The molecule has 25 heavy (non-hydrogen) atoms. The first-order valence-electron chi connectivity index (χ1n) is 8.35. The summed E-state index contributed by atoms with van der Waals surface area (Å²) in [6, 6.07) is 5.58. The number of ether oxygens (including phenoxy) is 1. The molecular formula is C18H24BrClN2O3. The minimum Gasteiger partial charge on any atom is -0.444 e. The van der Waals surface area contributed by atoms with Crippen LogP contribution in [0, 0.1) is 0 Å². The molecule has 1 aliphatic rings. The van der Waals surface area contributed by atoms with Crippen molar-refractivity contribution in [1.29, 1.82) is 0 Å². The average Bonchev–Trinajstić information content (AvgIpc) is 2.50. The molecular weight excluding hydrogens is 408 g/mol. The van der Waals surface area contributed by atoms with Crippen molar-refractivity contribution in [2.24, 2.45) is 0 Å². The Bertz CT molecular complexity index is 638. The van der Waals surface area contributed by atoms with E-state index >= 15 is 0 Å². The number of nitrogens with zero attached hydrogens (tertiary/aromatic N) is 1. The van der Waals surface area contributed by atoms with E-state index in [2.05, 4.69) is 21.2 Å². The van der Waals surface area contributed by atoms with E-state index in [0.717, 1.165) is 22.9 Å². The van der Waals surface area contributed by atoms with E-state index in [1.165, 1.54) is 0 Å². The van der Waals surface area contributed by atoms with E-state index in [-0.39, 0.29) is 18.0 Å². The van der Waals surface area contributed by atoms with Gasteiger partial charge in [0, 0.05) is 23.6 Å². The van der Waals surface area contributed by atoms with Gasteiger partial charge in [-0.25, -0.2) is 4.79 Å². The zero-order chi connectivity index (χ0) is 18.6. The maximum atomic E-state index is 12.2. The Labute approximate surface area is 162 Å². The standard InChI is InChI=1S/C18H24BrClN2O3/c1-18(2,3)25-17(24)22-8-6-13(7-9-22)21-16(23)11-12-4-5-14(19)15(20)10-12/h4-5,10,13H,6-9,11H2,1-3H3,(H,21,23). The van der Waals surface area contributed by atoms with E-state index < -0.39 is 5.60 Å². The summed E-state index contributed by atoms with van der Waals surface area (Å²) in [6.07, 6.45) is 1.46. The number of benzene rings is 1. The summed E-state index contributed by atoms with van der Waals surface area (Å²) in [5.74, 6) is -0.0332. The predicted octanol–water partition coefficient (Wildman–Crippen LogP) is 4.16. The van der Waals surface area contributed by atoms with Gasteiger partial charge in [0.2, 0.25) is 5.91 Å². The number of carbonyl (C=O) groups is 2. The highest BCUT2D eigenvalue weighted by Gasteiger charge is 2.27. The van der Waals surface area contributed by atoms with Crippen LogP contribution < -0.4 is 5.32 Å². The van der Waals surface area contributed by atoms with E-state index in [0.29, 0.717) is 24.5 Å². The van der Waals surface area contributed by atoms with E-state index in [9.17, 15) is 9.59 Å². The Morgan fingerprint density at radius 1 is 1.32 bits per heavy atom. The molecule has 0 unspecified atom stereocenters. The fourth-order valence-corrected chi connectivity index (χ4v) is 3.10. The summed E-state index contributed by atoms with van der Waals surface area (Å²) in [5, 5.41) is 3.63. The number of hydrogen-bond donors (Lipinski definition) is 1. The highest BCUT2D eigenvalue weighted by atomic mass is 79.9. The minimum absolute atomic E-state index is 0.0332. The van der Waals surface area contributed by atoms with Crippen molar-refractivity contribution >= 4 is 39.5 Å². The first kappa shape index (κ1) is 20.0. The topological polar surface area (TPSA) is 58.6 Å². The van der Waals surface area contributed by atoms with Crippen LogP contribution in [0.5, 0.6) is 0 Å². The lowest BCUT2D eigenvalue weighted by atomic mass is 10.0. The average molecular weight is 432 g/mol. The van der Waals surface area contributed by atoms with Gasteiger partial charge >= 0.3 is 6.09 Å². The smallest absolute Gasteiger partial charge is 0.410 e. The third kappa shape index (κ3) is 6.51. The Balaban J connectivity index is 1.78. The molecule has 0 saturated carbocycles. The van der Waals surface area contributed by atoms with Crippen molar-refractivity contribution in [2.75, 3.05) is 13.1 Å². The number of nitrogens with one attached hydrogen (secondary N) is 1. The minimum atomic E-state index is -0.492. The summed E-state index contributed by atoms with van der Waals surface area (Å²) in [5.41, 5.74) is 0.380. The zero-order valence-electron chi connectivity index (χ0n) is 14.8. The lowest BCUT2D eigenvalue weighted by Gasteiger charge is -2.33. The van der Waals surface area contributed by atoms with Crippen molar-refractivity contribution in [3.05, 3.63) is 33.3 Å². The first-order valence-corrected chi connectivity index (χ1v) is 9.52. The maximum Gasteiger partial charge on any atom is 0.410 e. The van der Waals surface area contributed by atoms with E-state index in [4.69, 9.17) is 16.3 Å². The molecule has 1 aliphatic heterocycles. The van der Waals surface area contributed by atoms with Crippen LogP contribution >= 0.6 is 27.5 Å². The molecule has 5 nitrogen and oxygen atoms in total. The van der Waals surface area contributed by atoms with Crippen molar-refractivity contribution in [2.45, 2.75) is 51.7 Å². The van der Waals surface area contributed by atoms with Gasteiger partial charge in [-0.05, 0) is 67.2 Å². The molecule has 138 valence electrons.